The fourth-order valence-corrected chi connectivity index (χ4v) is 2.96. The monoisotopic (exact) mass is 372 g/mol. The highest BCUT2D eigenvalue weighted by molar-refractivity contribution is 6.24. The lowest BCUT2D eigenvalue weighted by Gasteiger charge is -2.27. The minimum absolute atomic E-state index is 0.0297. The van der Waals surface area contributed by atoms with Crippen LogP contribution in [0.4, 0.5) is 8.78 Å². The van der Waals surface area contributed by atoms with Gasteiger partial charge in [-0.2, -0.15) is 0 Å². The average molecular weight is 372 g/mol. The van der Waals surface area contributed by atoms with Crippen molar-refractivity contribution in [3.05, 3.63) is 70.5 Å². The predicted octanol–water partition coefficient (Wildman–Crippen LogP) is 2.99. The number of esters is 1. The van der Waals surface area contributed by atoms with E-state index in [9.17, 15) is 18.4 Å². The first-order valence-electron chi connectivity index (χ1n) is 8.49. The number of halogens is 2. The lowest BCUT2D eigenvalue weighted by molar-refractivity contribution is -0.140. The Morgan fingerprint density at radius 1 is 1.30 bits per heavy atom. The molecule has 1 aliphatic carbocycles. The summed E-state index contributed by atoms with van der Waals surface area (Å²) >= 11 is 0. The smallest absolute Gasteiger partial charge is 0.345 e. The van der Waals surface area contributed by atoms with Gasteiger partial charge in [0.25, 0.3) is 5.91 Å². The van der Waals surface area contributed by atoms with Crippen molar-refractivity contribution in [1.29, 1.82) is 0 Å². The molecule has 0 aromatic heterocycles. The van der Waals surface area contributed by atoms with Crippen LogP contribution in [0.15, 0.2) is 58.3 Å². The molecule has 1 aromatic carbocycles. The summed E-state index contributed by atoms with van der Waals surface area (Å²) in [6, 6.07) is 3.24. The normalized spacial score (nSPS) is 18.7. The molecule has 3 rings (SSSR count). The van der Waals surface area contributed by atoms with Gasteiger partial charge in [0.15, 0.2) is 0 Å². The molecule has 0 saturated heterocycles. The van der Waals surface area contributed by atoms with E-state index in [1.54, 1.807) is 13.0 Å². The van der Waals surface area contributed by atoms with Gasteiger partial charge in [0, 0.05) is 23.9 Å². The van der Waals surface area contributed by atoms with E-state index in [0.29, 0.717) is 11.4 Å². The SMILES string of the molecule is CCOC(=O)C1=C(NCc2ccc(F)cc2F)C2C=C(C)C=CC2=NC1=O. The summed E-state index contributed by atoms with van der Waals surface area (Å²) in [5.41, 5.74) is 1.73. The van der Waals surface area contributed by atoms with Gasteiger partial charge in [-0.15, -0.1) is 0 Å². The Morgan fingerprint density at radius 2 is 2.07 bits per heavy atom. The number of hydrogen-bond acceptors (Lipinski definition) is 4. The molecule has 1 atom stereocenters. The van der Waals surface area contributed by atoms with Crippen LogP contribution in [-0.4, -0.2) is 24.2 Å². The number of fused-ring (bicyclic) bond motifs is 1. The molecule has 1 heterocycles. The third-order valence-corrected chi connectivity index (χ3v) is 4.25. The highest BCUT2D eigenvalue weighted by Gasteiger charge is 2.35. The molecule has 0 bridgehead atoms. The highest BCUT2D eigenvalue weighted by Crippen LogP contribution is 2.29. The maximum absolute atomic E-state index is 14.0. The standard InChI is InChI=1S/C20H18F2N2O3/c1-3-27-20(26)17-18(23-10-12-5-6-13(21)9-15(12)22)14-8-11(2)4-7-16(14)24-19(17)25/h4-9,14,23H,3,10H2,1-2H3. The number of nitrogens with one attached hydrogen (secondary N) is 1. The molecule has 0 fully saturated rings. The van der Waals surface area contributed by atoms with Gasteiger partial charge in [-0.05, 0) is 26.0 Å². The second-order valence-corrected chi connectivity index (χ2v) is 6.16. The zero-order valence-electron chi connectivity index (χ0n) is 14.9. The first-order valence-corrected chi connectivity index (χ1v) is 8.49. The number of aliphatic imine (C=N–C) groups is 1. The van der Waals surface area contributed by atoms with Gasteiger partial charge in [0.1, 0.15) is 17.2 Å². The maximum Gasteiger partial charge on any atom is 0.345 e. The molecule has 27 heavy (non-hydrogen) atoms. The first-order chi connectivity index (χ1) is 12.9. The minimum Gasteiger partial charge on any atom is -0.462 e. The lowest BCUT2D eigenvalue weighted by atomic mass is 9.86. The molecule has 1 N–H and O–H groups in total. The van der Waals surface area contributed by atoms with Gasteiger partial charge >= 0.3 is 5.97 Å². The number of carbonyl (C=O) groups is 2. The summed E-state index contributed by atoms with van der Waals surface area (Å²) in [6.45, 7) is 3.59. The number of amides is 1. The summed E-state index contributed by atoms with van der Waals surface area (Å²) in [5, 5.41) is 2.97. The summed E-state index contributed by atoms with van der Waals surface area (Å²) in [7, 11) is 0. The fraction of sp³-hybridized carbons (Fsp3) is 0.250. The van der Waals surface area contributed by atoms with Crippen LogP contribution in [0.5, 0.6) is 0 Å². The number of nitrogens with zero attached hydrogens (tertiary/aromatic N) is 1. The van der Waals surface area contributed by atoms with E-state index in [0.717, 1.165) is 17.7 Å². The van der Waals surface area contributed by atoms with E-state index >= 15 is 0 Å². The Labute approximate surface area is 155 Å². The summed E-state index contributed by atoms with van der Waals surface area (Å²) < 4.78 is 32.0. The van der Waals surface area contributed by atoms with Crippen LogP contribution >= 0.6 is 0 Å². The van der Waals surface area contributed by atoms with Crippen LogP contribution in [0.3, 0.4) is 0 Å². The van der Waals surface area contributed by atoms with E-state index < -0.39 is 29.4 Å². The molecule has 0 saturated carbocycles. The Bertz CT molecular complexity index is 929. The molecule has 0 radical (unpaired) electrons. The van der Waals surface area contributed by atoms with E-state index in [2.05, 4.69) is 10.3 Å². The molecule has 7 heteroatoms. The minimum atomic E-state index is -0.784. The van der Waals surface area contributed by atoms with Crippen LogP contribution in [0.2, 0.25) is 0 Å². The quantitative estimate of drug-likeness (QED) is 0.637. The number of carbonyl (C=O) groups excluding carboxylic acids is 2. The Kier molecular flexibility index (Phi) is 5.30. The van der Waals surface area contributed by atoms with Crippen LogP contribution in [0.1, 0.15) is 19.4 Å². The van der Waals surface area contributed by atoms with Crippen molar-refractivity contribution in [2.45, 2.75) is 20.4 Å². The topological polar surface area (TPSA) is 67.8 Å². The fourth-order valence-electron chi connectivity index (χ4n) is 2.96. The molecule has 0 spiro atoms. The molecule has 5 nitrogen and oxygen atoms in total. The van der Waals surface area contributed by atoms with Gasteiger partial charge in [-0.1, -0.05) is 23.8 Å². The van der Waals surface area contributed by atoms with E-state index in [1.165, 1.54) is 6.07 Å². The lowest BCUT2D eigenvalue weighted by Crippen LogP contribution is -2.35. The van der Waals surface area contributed by atoms with Gasteiger partial charge in [-0.3, -0.25) is 4.79 Å². The summed E-state index contributed by atoms with van der Waals surface area (Å²) in [4.78, 5) is 28.7. The Hall–Kier alpha value is -3.09. The van der Waals surface area contributed by atoms with E-state index in [4.69, 9.17) is 4.74 Å². The molecule has 2 aliphatic rings. The van der Waals surface area contributed by atoms with Gasteiger partial charge in [-0.25, -0.2) is 18.6 Å². The summed E-state index contributed by atoms with van der Waals surface area (Å²) in [5.74, 6) is -3.34. The van der Waals surface area contributed by atoms with Crippen LogP contribution in [0, 0.1) is 17.6 Å². The molecule has 1 aromatic rings. The third-order valence-electron chi connectivity index (χ3n) is 4.25. The van der Waals surface area contributed by atoms with Gasteiger partial charge < -0.3 is 10.1 Å². The zero-order chi connectivity index (χ0) is 19.6. The number of hydrogen-bond donors (Lipinski definition) is 1. The van der Waals surface area contributed by atoms with Crippen molar-refractivity contribution in [3.63, 3.8) is 0 Å². The molecular formula is C20H18F2N2O3. The largest absolute Gasteiger partial charge is 0.462 e. The molecular weight excluding hydrogens is 354 g/mol. The Balaban J connectivity index is 1.98. The first kappa shape index (κ1) is 18.7. The second-order valence-electron chi connectivity index (χ2n) is 6.16. The molecule has 1 unspecified atom stereocenters. The van der Waals surface area contributed by atoms with E-state index in [1.807, 2.05) is 19.1 Å². The van der Waals surface area contributed by atoms with Gasteiger partial charge in [0.05, 0.1) is 18.2 Å². The molecule has 1 amide bonds. The molecule has 1 aliphatic heterocycles. The third kappa shape index (κ3) is 3.86. The van der Waals surface area contributed by atoms with Crippen LogP contribution < -0.4 is 5.32 Å². The van der Waals surface area contributed by atoms with Crippen LogP contribution in [0.25, 0.3) is 0 Å². The highest BCUT2D eigenvalue weighted by atomic mass is 19.1. The van der Waals surface area contributed by atoms with Gasteiger partial charge in [0.2, 0.25) is 0 Å². The van der Waals surface area contributed by atoms with Crippen molar-refractivity contribution in [2.75, 3.05) is 6.61 Å². The number of rotatable bonds is 5. The zero-order valence-corrected chi connectivity index (χ0v) is 14.9. The maximum atomic E-state index is 14.0. The van der Waals surface area contributed by atoms with Crippen LogP contribution in [-0.2, 0) is 20.9 Å². The predicted molar refractivity (Wildman–Crippen MR) is 95.7 cm³/mol. The van der Waals surface area contributed by atoms with Crippen molar-refractivity contribution < 1.29 is 23.1 Å². The number of benzene rings is 1. The number of dihydropyridines is 1. The molecule has 140 valence electrons. The average Bonchev–Trinajstić information content (AvgIpc) is 2.61. The van der Waals surface area contributed by atoms with Crippen molar-refractivity contribution >= 4 is 17.6 Å². The van der Waals surface area contributed by atoms with Crippen molar-refractivity contribution in [1.82, 2.24) is 5.32 Å². The van der Waals surface area contributed by atoms with E-state index in [-0.39, 0.29) is 24.3 Å². The second kappa shape index (κ2) is 7.65. The van der Waals surface area contributed by atoms with Crippen molar-refractivity contribution in [2.24, 2.45) is 10.9 Å². The Morgan fingerprint density at radius 3 is 2.78 bits per heavy atom. The number of allylic oxidation sites excluding steroid dienone is 4. The summed E-state index contributed by atoms with van der Waals surface area (Å²) in [6.07, 6.45) is 5.38. The number of ether oxygens (including phenoxy) is 1. The van der Waals surface area contributed by atoms with Crippen molar-refractivity contribution in [3.8, 4) is 0 Å².